The lowest BCUT2D eigenvalue weighted by atomic mass is 10.1. The SMILES string of the molecule is Cc1ccc(CN2CCN(/C(=C/C=O)c3cc(C)c(Oc4ccc(OCCc5ccc(Cl)cc5)cn4)c(Cl)c3)CC2)cc1.Cl. The molecule has 1 aliphatic rings. The maximum atomic E-state index is 11.6. The zero-order chi connectivity index (χ0) is 30.2. The zero-order valence-electron chi connectivity index (χ0n) is 24.8. The highest BCUT2D eigenvalue weighted by Gasteiger charge is 2.21. The van der Waals surface area contributed by atoms with Gasteiger partial charge in [-0.2, -0.15) is 0 Å². The van der Waals surface area contributed by atoms with E-state index in [9.17, 15) is 4.79 Å². The van der Waals surface area contributed by atoms with Gasteiger partial charge in [-0.15, -0.1) is 12.4 Å². The van der Waals surface area contributed by atoms with Crippen LogP contribution in [0, 0.1) is 13.8 Å². The Morgan fingerprint density at radius 3 is 2.25 bits per heavy atom. The number of rotatable bonds is 11. The van der Waals surface area contributed by atoms with E-state index in [1.54, 1.807) is 18.3 Å². The molecule has 9 heteroatoms. The third-order valence-corrected chi connectivity index (χ3v) is 8.01. The molecule has 1 aromatic heterocycles. The van der Waals surface area contributed by atoms with Crippen molar-refractivity contribution in [3.05, 3.63) is 123 Å². The van der Waals surface area contributed by atoms with E-state index in [4.69, 9.17) is 32.7 Å². The van der Waals surface area contributed by atoms with Crippen molar-refractivity contribution >= 4 is 47.6 Å². The Morgan fingerprint density at radius 2 is 1.61 bits per heavy atom. The highest BCUT2D eigenvalue weighted by molar-refractivity contribution is 6.32. The van der Waals surface area contributed by atoms with Crippen molar-refractivity contribution < 1.29 is 14.3 Å². The van der Waals surface area contributed by atoms with Crippen LogP contribution in [-0.2, 0) is 17.8 Å². The van der Waals surface area contributed by atoms with Gasteiger partial charge in [0, 0.05) is 62.0 Å². The number of hydrogen-bond acceptors (Lipinski definition) is 6. The Kier molecular flexibility index (Phi) is 12.1. The Balaban J connectivity index is 0.00000442. The van der Waals surface area contributed by atoms with E-state index < -0.39 is 0 Å². The molecule has 0 atom stereocenters. The van der Waals surface area contributed by atoms with Crippen molar-refractivity contribution in [1.82, 2.24) is 14.8 Å². The van der Waals surface area contributed by atoms with E-state index in [1.807, 2.05) is 49.4 Å². The van der Waals surface area contributed by atoms with E-state index >= 15 is 0 Å². The van der Waals surface area contributed by atoms with Crippen LogP contribution in [0.1, 0.15) is 27.8 Å². The number of carbonyl (C=O) groups excluding carboxylic acids is 1. The topological polar surface area (TPSA) is 54.9 Å². The number of aldehydes is 1. The highest BCUT2D eigenvalue weighted by Crippen LogP contribution is 2.36. The number of ether oxygens (including phenoxy) is 2. The third-order valence-electron chi connectivity index (χ3n) is 7.48. The van der Waals surface area contributed by atoms with Gasteiger partial charge in [0.2, 0.25) is 5.88 Å². The number of hydrogen-bond donors (Lipinski definition) is 0. The van der Waals surface area contributed by atoms with Crippen LogP contribution < -0.4 is 9.47 Å². The van der Waals surface area contributed by atoms with Crippen molar-refractivity contribution in [1.29, 1.82) is 0 Å². The molecule has 5 rings (SSSR count). The summed E-state index contributed by atoms with van der Waals surface area (Å²) in [6.45, 7) is 8.94. The minimum atomic E-state index is 0. The molecule has 3 aromatic carbocycles. The van der Waals surface area contributed by atoms with Gasteiger partial charge in [-0.05, 0) is 66.4 Å². The minimum absolute atomic E-state index is 0. The summed E-state index contributed by atoms with van der Waals surface area (Å²) >= 11 is 12.7. The quantitative estimate of drug-likeness (QED) is 0.120. The lowest BCUT2D eigenvalue weighted by Crippen LogP contribution is -2.45. The highest BCUT2D eigenvalue weighted by atomic mass is 35.5. The number of piperazine rings is 1. The second kappa shape index (κ2) is 16.0. The first-order valence-electron chi connectivity index (χ1n) is 14.4. The van der Waals surface area contributed by atoms with Crippen molar-refractivity contribution in [3.63, 3.8) is 0 Å². The lowest BCUT2D eigenvalue weighted by molar-refractivity contribution is -0.104. The largest absolute Gasteiger partial charge is 0.492 e. The third kappa shape index (κ3) is 8.99. The van der Waals surface area contributed by atoms with Crippen molar-refractivity contribution in [2.75, 3.05) is 32.8 Å². The fraction of sp³-hybridized carbons (Fsp3) is 0.257. The molecule has 1 aliphatic heterocycles. The average molecular weight is 653 g/mol. The van der Waals surface area contributed by atoms with Crippen LogP contribution in [0.15, 0.2) is 85.1 Å². The molecule has 0 spiro atoms. The maximum absolute atomic E-state index is 11.6. The molecular weight excluding hydrogens is 617 g/mol. The first-order valence-corrected chi connectivity index (χ1v) is 15.1. The molecule has 0 N–H and O–H groups in total. The molecule has 0 bridgehead atoms. The number of pyridine rings is 1. The number of aryl methyl sites for hydroxylation is 2. The van der Waals surface area contributed by atoms with Crippen LogP contribution in [0.25, 0.3) is 5.70 Å². The Labute approximate surface area is 275 Å². The summed E-state index contributed by atoms with van der Waals surface area (Å²) in [6, 6.07) is 23.9. The summed E-state index contributed by atoms with van der Waals surface area (Å²) in [5.41, 5.74) is 6.32. The van der Waals surface area contributed by atoms with Gasteiger partial charge < -0.3 is 14.4 Å². The number of carbonyl (C=O) groups is 1. The number of allylic oxidation sites excluding steroid dienone is 1. The number of benzene rings is 3. The molecule has 0 amide bonds. The fourth-order valence-electron chi connectivity index (χ4n) is 5.11. The number of aromatic nitrogens is 1. The molecule has 2 heterocycles. The van der Waals surface area contributed by atoms with Crippen LogP contribution in [-0.4, -0.2) is 53.9 Å². The summed E-state index contributed by atoms with van der Waals surface area (Å²) in [7, 11) is 0. The first-order chi connectivity index (χ1) is 20.9. The van der Waals surface area contributed by atoms with Gasteiger partial charge in [0.15, 0.2) is 5.75 Å². The van der Waals surface area contributed by atoms with Crippen LogP contribution in [0.5, 0.6) is 17.4 Å². The van der Waals surface area contributed by atoms with Gasteiger partial charge in [-0.3, -0.25) is 9.69 Å². The predicted octanol–water partition coefficient (Wildman–Crippen LogP) is 8.20. The maximum Gasteiger partial charge on any atom is 0.219 e. The molecular formula is C35H36Cl3N3O3. The van der Waals surface area contributed by atoms with Crippen LogP contribution in [0.4, 0.5) is 0 Å². The standard InChI is InChI=1S/C35H35Cl2N3O3.ClH/c1-25-3-5-28(6-4-25)24-39-15-17-40(18-16-39)33(13-19-41)29-21-26(2)35(32(37)22-29)43-34-12-11-31(23-38-34)42-20-14-27-7-9-30(36)10-8-27;/h3-13,19,21-23H,14-18,20,24H2,1-2H3;1H/b33-13+;. The van der Waals surface area contributed by atoms with Crippen LogP contribution in [0.2, 0.25) is 10.0 Å². The smallest absolute Gasteiger partial charge is 0.219 e. The molecule has 230 valence electrons. The summed E-state index contributed by atoms with van der Waals surface area (Å²) in [4.78, 5) is 20.7. The molecule has 0 radical (unpaired) electrons. The Hall–Kier alpha value is -3.55. The molecule has 6 nitrogen and oxygen atoms in total. The van der Waals surface area contributed by atoms with Gasteiger partial charge in [0.05, 0.1) is 17.8 Å². The molecule has 0 aliphatic carbocycles. The molecule has 1 fully saturated rings. The molecule has 0 saturated carbocycles. The van der Waals surface area contributed by atoms with E-state index in [1.165, 1.54) is 11.1 Å². The van der Waals surface area contributed by atoms with Gasteiger partial charge in [0.1, 0.15) is 12.0 Å². The van der Waals surface area contributed by atoms with Gasteiger partial charge >= 0.3 is 0 Å². The number of halogens is 3. The monoisotopic (exact) mass is 651 g/mol. The van der Waals surface area contributed by atoms with E-state index in [0.29, 0.717) is 29.0 Å². The molecule has 1 saturated heterocycles. The van der Waals surface area contributed by atoms with Crippen molar-refractivity contribution in [3.8, 4) is 17.4 Å². The zero-order valence-corrected chi connectivity index (χ0v) is 27.2. The van der Waals surface area contributed by atoms with Crippen molar-refractivity contribution in [2.45, 2.75) is 26.8 Å². The summed E-state index contributed by atoms with van der Waals surface area (Å²) in [5, 5.41) is 1.17. The second-order valence-corrected chi connectivity index (χ2v) is 11.5. The van der Waals surface area contributed by atoms with Crippen LogP contribution in [0.3, 0.4) is 0 Å². The average Bonchev–Trinajstić information content (AvgIpc) is 3.01. The lowest BCUT2D eigenvalue weighted by Gasteiger charge is -2.37. The minimum Gasteiger partial charge on any atom is -0.492 e. The molecule has 4 aromatic rings. The summed E-state index contributed by atoms with van der Waals surface area (Å²) < 4.78 is 11.9. The van der Waals surface area contributed by atoms with Gasteiger partial charge in [-0.25, -0.2) is 4.98 Å². The Bertz CT molecular complexity index is 1530. The summed E-state index contributed by atoms with van der Waals surface area (Å²) in [5.74, 6) is 1.60. The second-order valence-electron chi connectivity index (χ2n) is 10.7. The molecule has 0 unspecified atom stereocenters. The van der Waals surface area contributed by atoms with E-state index in [-0.39, 0.29) is 12.4 Å². The normalized spacial score (nSPS) is 13.7. The van der Waals surface area contributed by atoms with E-state index in [0.717, 1.165) is 72.8 Å². The predicted molar refractivity (Wildman–Crippen MR) is 180 cm³/mol. The molecule has 44 heavy (non-hydrogen) atoms. The first kappa shape index (κ1) is 33.3. The number of nitrogens with zero attached hydrogens (tertiary/aromatic N) is 3. The Morgan fingerprint density at radius 1 is 0.909 bits per heavy atom. The van der Waals surface area contributed by atoms with Gasteiger partial charge in [-0.1, -0.05) is 65.2 Å². The van der Waals surface area contributed by atoms with E-state index in [2.05, 4.69) is 46.0 Å². The van der Waals surface area contributed by atoms with Crippen molar-refractivity contribution in [2.24, 2.45) is 0 Å². The van der Waals surface area contributed by atoms with Gasteiger partial charge in [0.25, 0.3) is 0 Å². The van der Waals surface area contributed by atoms with Crippen LogP contribution >= 0.6 is 35.6 Å². The fourth-order valence-corrected chi connectivity index (χ4v) is 5.54. The summed E-state index contributed by atoms with van der Waals surface area (Å²) in [6.07, 6.45) is 4.86.